The van der Waals surface area contributed by atoms with Crippen molar-refractivity contribution in [3.63, 3.8) is 0 Å². The number of benzene rings is 3. The summed E-state index contributed by atoms with van der Waals surface area (Å²) in [6, 6.07) is 23.3. The van der Waals surface area contributed by atoms with Crippen LogP contribution in [-0.4, -0.2) is 93.3 Å². The fourth-order valence-corrected chi connectivity index (χ4v) is 6.14. The highest BCUT2D eigenvalue weighted by Gasteiger charge is 2.39. The highest BCUT2D eigenvalue weighted by molar-refractivity contribution is 6.36. The monoisotopic (exact) mass is 612 g/mol. The first-order valence-electron chi connectivity index (χ1n) is 15.6. The molecule has 0 radical (unpaired) electrons. The molecule has 5 rings (SSSR count). The summed E-state index contributed by atoms with van der Waals surface area (Å²) < 4.78 is 0. The summed E-state index contributed by atoms with van der Waals surface area (Å²) in [6.07, 6.45) is 3.78. The van der Waals surface area contributed by atoms with Crippen LogP contribution in [0.15, 0.2) is 78.9 Å². The zero-order valence-electron chi connectivity index (χ0n) is 25.3. The van der Waals surface area contributed by atoms with Crippen LogP contribution >= 0.6 is 0 Å². The summed E-state index contributed by atoms with van der Waals surface area (Å²) in [5, 5.41) is 22.0. The second-order valence-electron chi connectivity index (χ2n) is 11.8. The van der Waals surface area contributed by atoms with Crippen LogP contribution in [0.1, 0.15) is 36.0 Å². The van der Waals surface area contributed by atoms with Crippen molar-refractivity contribution < 1.29 is 29.4 Å². The van der Waals surface area contributed by atoms with Crippen LogP contribution in [0, 0.1) is 0 Å². The molecule has 3 aromatic carbocycles. The van der Waals surface area contributed by atoms with Crippen molar-refractivity contribution in [2.45, 2.75) is 50.6 Å². The molecule has 45 heavy (non-hydrogen) atoms. The predicted octanol–water partition coefficient (Wildman–Crippen LogP) is 2.66. The Morgan fingerprint density at radius 1 is 0.622 bits per heavy atom. The lowest BCUT2D eigenvalue weighted by Gasteiger charge is -2.41. The van der Waals surface area contributed by atoms with E-state index in [2.05, 4.69) is 5.32 Å². The van der Waals surface area contributed by atoms with E-state index in [0.717, 1.165) is 16.7 Å². The van der Waals surface area contributed by atoms with E-state index in [4.69, 9.17) is 0 Å². The lowest BCUT2D eigenvalue weighted by atomic mass is 9.99. The first kappa shape index (κ1) is 31.6. The molecule has 10 nitrogen and oxygen atoms in total. The van der Waals surface area contributed by atoms with Crippen molar-refractivity contribution in [3.8, 4) is 11.5 Å². The number of nitrogens with one attached hydrogen (secondary N) is 1. The van der Waals surface area contributed by atoms with Crippen molar-refractivity contribution >= 4 is 23.6 Å². The van der Waals surface area contributed by atoms with Crippen molar-refractivity contribution in [2.24, 2.45) is 0 Å². The third-order valence-electron chi connectivity index (χ3n) is 8.68. The van der Waals surface area contributed by atoms with Gasteiger partial charge in [0.2, 0.25) is 0 Å². The average molecular weight is 613 g/mol. The van der Waals surface area contributed by atoms with E-state index in [0.29, 0.717) is 71.2 Å². The molecule has 4 amide bonds. The lowest BCUT2D eigenvalue weighted by molar-refractivity contribution is -0.159. The van der Waals surface area contributed by atoms with Gasteiger partial charge in [0.05, 0.1) is 6.04 Å². The molecule has 10 heteroatoms. The Kier molecular flexibility index (Phi) is 10.3. The zero-order chi connectivity index (χ0) is 31.8. The second-order valence-corrected chi connectivity index (χ2v) is 11.8. The molecule has 0 aliphatic carbocycles. The summed E-state index contributed by atoms with van der Waals surface area (Å²) in [5.41, 5.74) is 3.03. The van der Waals surface area contributed by atoms with E-state index >= 15 is 0 Å². The smallest absolute Gasteiger partial charge is 0.312 e. The summed E-state index contributed by atoms with van der Waals surface area (Å²) in [6.45, 7) is 2.03. The van der Waals surface area contributed by atoms with Crippen LogP contribution in [-0.2, 0) is 38.4 Å². The van der Waals surface area contributed by atoms with Gasteiger partial charge in [0.25, 0.3) is 0 Å². The number of nitrogens with zero attached hydrogens (tertiary/aromatic N) is 3. The Balaban J connectivity index is 1.18. The molecule has 0 unspecified atom stereocenters. The molecule has 3 N–H and O–H groups in total. The molecular formula is C35H40N4O6. The number of hydrogen-bond acceptors (Lipinski definition) is 6. The van der Waals surface area contributed by atoms with Crippen LogP contribution in [0.4, 0.5) is 0 Å². The standard InChI is InChI=1S/C35H40N4O6/c40-30-13-9-26(10-14-30)18-20-38-28(23-36-32(42)33(38)43)8-4-5-19-37-24-29(22-27-11-15-31(41)16-12-27)39(35(45)34(37)44)21-17-25-6-2-1-3-7-25/h1-3,6-7,9-16,28-29,40-41H,4-5,8,17-24H2,(H,36,42)/t28-,29-/m0/s1. The van der Waals surface area contributed by atoms with Gasteiger partial charge in [-0.1, -0.05) is 54.6 Å². The zero-order valence-corrected chi connectivity index (χ0v) is 25.3. The van der Waals surface area contributed by atoms with Crippen molar-refractivity contribution in [3.05, 3.63) is 95.6 Å². The second kappa shape index (κ2) is 14.7. The molecule has 3 aromatic rings. The van der Waals surface area contributed by atoms with Gasteiger partial charge in [-0.05, 0) is 79.5 Å². The van der Waals surface area contributed by atoms with Crippen LogP contribution in [0.5, 0.6) is 11.5 Å². The van der Waals surface area contributed by atoms with Gasteiger partial charge in [0.1, 0.15) is 11.5 Å². The van der Waals surface area contributed by atoms with Gasteiger partial charge in [-0.15, -0.1) is 0 Å². The molecule has 0 saturated carbocycles. The van der Waals surface area contributed by atoms with E-state index in [-0.39, 0.29) is 23.6 Å². The first-order valence-corrected chi connectivity index (χ1v) is 15.6. The SMILES string of the molecule is O=C1NC[C@H](CCCCN2C[C@H](Cc3ccc(O)cc3)N(CCc3ccccc3)C(=O)C2=O)N(CCc2ccc(O)cc2)C1=O. The molecule has 2 aliphatic rings. The van der Waals surface area contributed by atoms with Crippen LogP contribution < -0.4 is 5.32 Å². The molecule has 0 spiro atoms. The number of amides is 4. The van der Waals surface area contributed by atoms with Crippen molar-refractivity contribution in [1.29, 1.82) is 0 Å². The fourth-order valence-electron chi connectivity index (χ4n) is 6.14. The van der Waals surface area contributed by atoms with Gasteiger partial charge in [0, 0.05) is 38.8 Å². The summed E-state index contributed by atoms with van der Waals surface area (Å²) in [4.78, 5) is 56.4. The minimum absolute atomic E-state index is 0.165. The van der Waals surface area contributed by atoms with E-state index in [1.807, 2.05) is 42.5 Å². The number of piperazine rings is 2. The number of phenolic OH excluding ortho intramolecular Hbond substituents is 2. The predicted molar refractivity (Wildman–Crippen MR) is 168 cm³/mol. The maximum absolute atomic E-state index is 13.4. The number of aromatic hydroxyl groups is 2. The van der Waals surface area contributed by atoms with E-state index < -0.39 is 23.6 Å². The third-order valence-corrected chi connectivity index (χ3v) is 8.68. The van der Waals surface area contributed by atoms with Crippen LogP contribution in [0.3, 0.4) is 0 Å². The number of carbonyl (C=O) groups excluding carboxylic acids is 4. The van der Waals surface area contributed by atoms with Gasteiger partial charge >= 0.3 is 23.6 Å². The van der Waals surface area contributed by atoms with Gasteiger partial charge in [-0.3, -0.25) is 19.2 Å². The molecule has 2 heterocycles. The van der Waals surface area contributed by atoms with E-state index in [1.165, 1.54) is 0 Å². The van der Waals surface area contributed by atoms with Gasteiger partial charge in [-0.25, -0.2) is 0 Å². The van der Waals surface area contributed by atoms with Gasteiger partial charge in [0.15, 0.2) is 0 Å². The summed E-state index contributed by atoms with van der Waals surface area (Å²) >= 11 is 0. The quantitative estimate of drug-likeness (QED) is 0.201. The fraction of sp³-hybridized carbons (Fsp3) is 0.371. The maximum Gasteiger partial charge on any atom is 0.312 e. The Morgan fingerprint density at radius 3 is 1.84 bits per heavy atom. The average Bonchev–Trinajstić information content (AvgIpc) is 3.05. The first-order chi connectivity index (χ1) is 21.8. The summed E-state index contributed by atoms with van der Waals surface area (Å²) in [5.74, 6) is -1.80. The molecule has 2 aliphatic heterocycles. The maximum atomic E-state index is 13.4. The van der Waals surface area contributed by atoms with E-state index in [9.17, 15) is 29.4 Å². The number of phenols is 2. The van der Waals surface area contributed by atoms with Crippen molar-refractivity contribution in [1.82, 2.24) is 20.0 Å². The Labute approximate surface area is 263 Å². The molecule has 2 saturated heterocycles. The molecule has 0 aromatic heterocycles. The molecule has 2 fully saturated rings. The van der Waals surface area contributed by atoms with Gasteiger partial charge in [-0.2, -0.15) is 0 Å². The minimum atomic E-state index is -0.606. The minimum Gasteiger partial charge on any atom is -0.508 e. The normalized spacial score (nSPS) is 18.8. The highest BCUT2D eigenvalue weighted by atomic mass is 16.3. The molecule has 236 valence electrons. The largest absolute Gasteiger partial charge is 0.508 e. The molecular weight excluding hydrogens is 572 g/mol. The topological polar surface area (TPSA) is 130 Å². The summed E-state index contributed by atoms with van der Waals surface area (Å²) in [7, 11) is 0. The lowest BCUT2D eigenvalue weighted by Crippen LogP contribution is -2.60. The van der Waals surface area contributed by atoms with Gasteiger partial charge < -0.3 is 30.2 Å². The Morgan fingerprint density at radius 2 is 1.20 bits per heavy atom. The third kappa shape index (κ3) is 8.20. The number of carbonyl (C=O) groups is 4. The number of hydrogen-bond donors (Lipinski definition) is 3. The van der Waals surface area contributed by atoms with Crippen molar-refractivity contribution in [2.75, 3.05) is 32.7 Å². The van der Waals surface area contributed by atoms with Crippen LogP contribution in [0.25, 0.3) is 0 Å². The Bertz CT molecular complexity index is 1480. The number of rotatable bonds is 13. The number of unbranched alkanes of at least 4 members (excludes halogenated alkanes) is 1. The van der Waals surface area contributed by atoms with Crippen LogP contribution in [0.2, 0.25) is 0 Å². The molecule has 0 bridgehead atoms. The highest BCUT2D eigenvalue weighted by Crippen LogP contribution is 2.21. The van der Waals surface area contributed by atoms with E-state index in [1.54, 1.807) is 51.1 Å². The molecule has 2 atom stereocenters. The Hall–Kier alpha value is -4.86.